The van der Waals surface area contributed by atoms with Gasteiger partial charge in [0.05, 0.1) is 11.6 Å². The van der Waals surface area contributed by atoms with Crippen LogP contribution in [-0.2, 0) is 0 Å². The number of aromatic carboxylic acids is 1. The Balaban J connectivity index is 2.09. The van der Waals surface area contributed by atoms with Gasteiger partial charge in [0.15, 0.2) is 0 Å². The number of hydrogen-bond acceptors (Lipinski definition) is 4. The first kappa shape index (κ1) is 14.2. The zero-order valence-electron chi connectivity index (χ0n) is 10.9. The Bertz CT molecular complexity index is 593. The Morgan fingerprint density at radius 3 is 2.45 bits per heavy atom. The maximum absolute atomic E-state index is 12.1. The van der Waals surface area contributed by atoms with Gasteiger partial charge < -0.3 is 10.4 Å². The molecular formula is C14H14N2O3S. The predicted octanol–water partition coefficient (Wildman–Crippen LogP) is 2.72. The van der Waals surface area contributed by atoms with Crippen molar-refractivity contribution in [1.82, 2.24) is 10.3 Å². The molecule has 0 fully saturated rings. The molecule has 20 heavy (non-hydrogen) atoms. The Morgan fingerprint density at radius 2 is 1.95 bits per heavy atom. The van der Waals surface area contributed by atoms with E-state index in [-0.39, 0.29) is 17.5 Å². The molecule has 0 radical (unpaired) electrons. The minimum atomic E-state index is -1.01. The molecule has 5 nitrogen and oxygen atoms in total. The second-order valence-electron chi connectivity index (χ2n) is 4.19. The third kappa shape index (κ3) is 3.21. The minimum absolute atomic E-state index is 0.123. The lowest BCUT2D eigenvalue weighted by Gasteiger charge is -2.14. The van der Waals surface area contributed by atoms with Gasteiger partial charge in [-0.1, -0.05) is 6.92 Å². The van der Waals surface area contributed by atoms with Gasteiger partial charge in [0, 0.05) is 17.1 Å². The summed E-state index contributed by atoms with van der Waals surface area (Å²) in [5.41, 5.74) is 0.596. The highest BCUT2D eigenvalue weighted by Gasteiger charge is 2.16. The van der Waals surface area contributed by atoms with Crippen molar-refractivity contribution in [2.75, 3.05) is 0 Å². The monoisotopic (exact) mass is 290 g/mol. The largest absolute Gasteiger partial charge is 0.478 e. The smallest absolute Gasteiger partial charge is 0.335 e. The standard InChI is InChI=1S/C14H14N2O3S/c1-2-11(13-15-7-8-20-13)16-12(17)9-3-5-10(6-4-9)14(18)19/h3-8,11H,2H2,1H3,(H,16,17)(H,18,19). The zero-order chi connectivity index (χ0) is 14.5. The number of carbonyl (C=O) groups excluding carboxylic acids is 1. The van der Waals surface area contributed by atoms with Crippen LogP contribution >= 0.6 is 11.3 Å². The van der Waals surface area contributed by atoms with Crippen molar-refractivity contribution >= 4 is 23.2 Å². The number of nitrogens with zero attached hydrogens (tertiary/aromatic N) is 1. The van der Waals surface area contributed by atoms with Gasteiger partial charge in [-0.05, 0) is 30.7 Å². The molecule has 1 atom stereocenters. The predicted molar refractivity (Wildman–Crippen MR) is 76.0 cm³/mol. The fourth-order valence-electron chi connectivity index (χ4n) is 1.75. The molecular weight excluding hydrogens is 276 g/mol. The van der Waals surface area contributed by atoms with Crippen molar-refractivity contribution in [3.05, 3.63) is 52.0 Å². The number of nitrogens with one attached hydrogen (secondary N) is 1. The maximum atomic E-state index is 12.1. The molecule has 2 aromatic rings. The normalized spacial score (nSPS) is 11.8. The number of carbonyl (C=O) groups is 2. The average Bonchev–Trinajstić information content (AvgIpc) is 2.98. The maximum Gasteiger partial charge on any atom is 0.335 e. The second kappa shape index (κ2) is 6.29. The summed E-state index contributed by atoms with van der Waals surface area (Å²) < 4.78 is 0. The van der Waals surface area contributed by atoms with E-state index in [9.17, 15) is 9.59 Å². The molecule has 1 heterocycles. The molecule has 0 aliphatic carbocycles. The number of aromatic nitrogens is 1. The molecule has 104 valence electrons. The van der Waals surface area contributed by atoms with E-state index in [0.29, 0.717) is 5.56 Å². The highest BCUT2D eigenvalue weighted by Crippen LogP contribution is 2.19. The summed E-state index contributed by atoms with van der Waals surface area (Å²) in [4.78, 5) is 27.1. The van der Waals surface area contributed by atoms with Gasteiger partial charge >= 0.3 is 5.97 Å². The van der Waals surface area contributed by atoms with Gasteiger partial charge in [0.25, 0.3) is 5.91 Å². The number of hydrogen-bond donors (Lipinski definition) is 2. The van der Waals surface area contributed by atoms with E-state index in [0.717, 1.165) is 11.4 Å². The molecule has 0 spiro atoms. The molecule has 0 aliphatic rings. The van der Waals surface area contributed by atoms with E-state index in [2.05, 4.69) is 10.3 Å². The van der Waals surface area contributed by atoms with E-state index in [4.69, 9.17) is 5.11 Å². The molecule has 1 unspecified atom stereocenters. The zero-order valence-corrected chi connectivity index (χ0v) is 11.7. The third-order valence-electron chi connectivity index (χ3n) is 2.86. The number of benzene rings is 1. The molecule has 2 rings (SSSR count). The molecule has 6 heteroatoms. The number of carboxylic acid groups (broad SMARTS) is 1. The van der Waals surface area contributed by atoms with Gasteiger partial charge in [0.1, 0.15) is 5.01 Å². The minimum Gasteiger partial charge on any atom is -0.478 e. The van der Waals surface area contributed by atoms with Gasteiger partial charge in [-0.2, -0.15) is 0 Å². The van der Waals surface area contributed by atoms with Crippen LogP contribution in [0, 0.1) is 0 Å². The van der Waals surface area contributed by atoms with E-state index in [1.807, 2.05) is 12.3 Å². The van der Waals surface area contributed by atoms with E-state index >= 15 is 0 Å². The summed E-state index contributed by atoms with van der Waals surface area (Å²) >= 11 is 1.50. The number of rotatable bonds is 5. The van der Waals surface area contributed by atoms with Gasteiger partial charge in [-0.15, -0.1) is 11.3 Å². The van der Waals surface area contributed by atoms with Crippen LogP contribution in [0.2, 0.25) is 0 Å². The van der Waals surface area contributed by atoms with Crippen LogP contribution in [0.3, 0.4) is 0 Å². The Hall–Kier alpha value is -2.21. The van der Waals surface area contributed by atoms with E-state index in [1.54, 1.807) is 6.20 Å². The highest BCUT2D eigenvalue weighted by atomic mass is 32.1. The van der Waals surface area contributed by atoms with Crippen LogP contribution in [0.5, 0.6) is 0 Å². The van der Waals surface area contributed by atoms with Crippen LogP contribution in [-0.4, -0.2) is 22.0 Å². The van der Waals surface area contributed by atoms with Gasteiger partial charge in [-0.3, -0.25) is 4.79 Å². The fourth-order valence-corrected chi connectivity index (χ4v) is 2.52. The summed E-state index contributed by atoms with van der Waals surface area (Å²) in [5.74, 6) is -1.24. The van der Waals surface area contributed by atoms with Crippen LogP contribution in [0.15, 0.2) is 35.8 Å². The first-order valence-corrected chi connectivity index (χ1v) is 7.03. The Labute approximate surface area is 120 Å². The molecule has 2 N–H and O–H groups in total. The average molecular weight is 290 g/mol. The number of carboxylic acids is 1. The molecule has 1 amide bonds. The summed E-state index contributed by atoms with van der Waals surface area (Å²) in [7, 11) is 0. The topological polar surface area (TPSA) is 79.3 Å². The summed E-state index contributed by atoms with van der Waals surface area (Å²) in [6, 6.07) is 5.73. The van der Waals surface area contributed by atoms with E-state index in [1.165, 1.54) is 35.6 Å². The van der Waals surface area contributed by atoms with Crippen molar-refractivity contribution in [3.63, 3.8) is 0 Å². The van der Waals surface area contributed by atoms with Crippen molar-refractivity contribution < 1.29 is 14.7 Å². The molecule has 0 saturated heterocycles. The van der Waals surface area contributed by atoms with Crippen LogP contribution in [0.4, 0.5) is 0 Å². The molecule has 0 bridgehead atoms. The summed E-state index contributed by atoms with van der Waals surface area (Å²) in [6.45, 7) is 1.97. The Morgan fingerprint density at radius 1 is 1.30 bits per heavy atom. The lowest BCUT2D eigenvalue weighted by Crippen LogP contribution is -2.28. The lowest BCUT2D eigenvalue weighted by molar-refractivity contribution is 0.0696. The van der Waals surface area contributed by atoms with Crippen LogP contribution in [0.25, 0.3) is 0 Å². The highest BCUT2D eigenvalue weighted by molar-refractivity contribution is 7.09. The van der Waals surface area contributed by atoms with Crippen molar-refractivity contribution in [2.45, 2.75) is 19.4 Å². The third-order valence-corrected chi connectivity index (χ3v) is 3.75. The SMILES string of the molecule is CCC(NC(=O)c1ccc(C(=O)O)cc1)c1nccs1. The molecule has 1 aromatic carbocycles. The number of thiazole rings is 1. The summed E-state index contributed by atoms with van der Waals surface area (Å²) in [6.07, 6.45) is 2.45. The van der Waals surface area contributed by atoms with Gasteiger partial charge in [-0.25, -0.2) is 9.78 Å². The first-order chi connectivity index (χ1) is 9.61. The molecule has 0 aliphatic heterocycles. The second-order valence-corrected chi connectivity index (χ2v) is 5.11. The van der Waals surface area contributed by atoms with Crippen molar-refractivity contribution in [2.24, 2.45) is 0 Å². The van der Waals surface area contributed by atoms with Gasteiger partial charge in [0.2, 0.25) is 0 Å². The van der Waals surface area contributed by atoms with Crippen LogP contribution in [0.1, 0.15) is 45.1 Å². The first-order valence-electron chi connectivity index (χ1n) is 6.15. The fraction of sp³-hybridized carbons (Fsp3) is 0.214. The molecule has 0 saturated carbocycles. The number of amides is 1. The van der Waals surface area contributed by atoms with Crippen LogP contribution < -0.4 is 5.32 Å². The van der Waals surface area contributed by atoms with Crippen molar-refractivity contribution in [3.8, 4) is 0 Å². The lowest BCUT2D eigenvalue weighted by atomic mass is 10.1. The summed E-state index contributed by atoms with van der Waals surface area (Å²) in [5, 5.41) is 14.4. The molecule has 1 aromatic heterocycles. The van der Waals surface area contributed by atoms with Crippen molar-refractivity contribution in [1.29, 1.82) is 0 Å². The Kier molecular flexibility index (Phi) is 4.47. The van der Waals surface area contributed by atoms with E-state index < -0.39 is 5.97 Å². The quantitative estimate of drug-likeness (QED) is 0.887.